The molecule has 2 amide bonds. The van der Waals surface area contributed by atoms with Crippen LogP contribution in [0.2, 0.25) is 0 Å². The van der Waals surface area contributed by atoms with Crippen LogP contribution in [0.15, 0.2) is 47.1 Å². The van der Waals surface area contributed by atoms with Gasteiger partial charge in [0.2, 0.25) is 5.91 Å². The minimum atomic E-state index is -0.920. The molecule has 1 aliphatic heterocycles. The molecule has 5 unspecified atom stereocenters. The van der Waals surface area contributed by atoms with Crippen LogP contribution in [0.4, 0.5) is 5.69 Å². The molecule has 1 aliphatic rings. The van der Waals surface area contributed by atoms with Gasteiger partial charge in [0.15, 0.2) is 11.5 Å². The normalized spacial score (nSPS) is 27.6. The predicted molar refractivity (Wildman–Crippen MR) is 154 cm³/mol. The number of phenols is 2. The van der Waals surface area contributed by atoms with Crippen LogP contribution in [0.5, 0.6) is 17.2 Å². The van der Waals surface area contributed by atoms with Gasteiger partial charge in [-0.15, -0.1) is 0 Å². The van der Waals surface area contributed by atoms with E-state index >= 15 is 0 Å². The number of fused-ring (bicyclic) bond motifs is 2. The summed E-state index contributed by atoms with van der Waals surface area (Å²) in [5, 5.41) is 35.4. The number of ether oxygens (including phenoxy) is 3. The summed E-state index contributed by atoms with van der Waals surface area (Å²) in [5.74, 6) is -2.32. The lowest BCUT2D eigenvalue weighted by atomic mass is 9.86. The van der Waals surface area contributed by atoms with Crippen LogP contribution in [0.25, 0.3) is 6.08 Å². The molecular formula is C30H42N2O8. The molecule has 0 saturated carbocycles. The lowest BCUT2D eigenvalue weighted by molar-refractivity contribution is -0.119. The Balaban J connectivity index is 2.72. The Kier molecular flexibility index (Phi) is 12.0. The minimum Gasteiger partial charge on any atom is -0.505 e. The predicted octanol–water partition coefficient (Wildman–Crippen LogP) is 3.82. The Bertz CT molecular complexity index is 1200. The standard InChI is InChI=1S/C30H42N2O8/c1-16-11-21-28(36)22(15-23(33)29(21)40-7)32-30(37)17(2)9-8-10-24(38-5)20(14-26(31)34)18(3)13-19(4)27(35)25(12-16)39-6/h8-11,13,15,19-20,24-25,27,33,35-36H,12,14H2,1-7H3,(H2,31,34)(H,32,37)/b10-8?,16-11+,17-9+,18-13?. The van der Waals surface area contributed by atoms with E-state index in [-0.39, 0.29) is 47.3 Å². The molecule has 0 fully saturated rings. The zero-order valence-electron chi connectivity index (χ0n) is 24.2. The van der Waals surface area contributed by atoms with E-state index < -0.39 is 36.0 Å². The van der Waals surface area contributed by atoms with Crippen LogP contribution in [0, 0.1) is 11.8 Å². The maximum Gasteiger partial charge on any atom is 0.251 e. The average Bonchev–Trinajstić information content (AvgIpc) is 2.90. The minimum absolute atomic E-state index is 0.00920. The first-order valence-corrected chi connectivity index (χ1v) is 13.0. The first-order valence-electron chi connectivity index (χ1n) is 13.0. The molecule has 1 aromatic rings. The Morgan fingerprint density at radius 3 is 2.40 bits per heavy atom. The molecule has 1 heterocycles. The van der Waals surface area contributed by atoms with Crippen LogP contribution in [-0.4, -0.2) is 66.8 Å². The maximum atomic E-state index is 12.9. The molecule has 220 valence electrons. The largest absolute Gasteiger partial charge is 0.505 e. The van der Waals surface area contributed by atoms with Crippen molar-refractivity contribution in [2.75, 3.05) is 26.6 Å². The van der Waals surface area contributed by atoms with E-state index in [9.17, 15) is 24.9 Å². The number of phenolic OH excluding ortho intramolecular Hbond substituents is 2. The highest BCUT2D eigenvalue weighted by Crippen LogP contribution is 2.43. The number of anilines is 1. The fourth-order valence-corrected chi connectivity index (χ4v) is 4.78. The number of amides is 2. The second-order valence-electron chi connectivity index (χ2n) is 10.1. The summed E-state index contributed by atoms with van der Waals surface area (Å²) in [5.41, 5.74) is 7.53. The molecule has 40 heavy (non-hydrogen) atoms. The lowest BCUT2D eigenvalue weighted by Crippen LogP contribution is -2.34. The molecule has 0 spiro atoms. The third kappa shape index (κ3) is 8.20. The second kappa shape index (κ2) is 14.7. The highest BCUT2D eigenvalue weighted by atomic mass is 16.5. The van der Waals surface area contributed by atoms with Crippen LogP contribution < -0.4 is 15.8 Å². The van der Waals surface area contributed by atoms with E-state index in [1.54, 1.807) is 38.2 Å². The zero-order chi connectivity index (χ0) is 30.1. The molecule has 10 nitrogen and oxygen atoms in total. The van der Waals surface area contributed by atoms with E-state index in [2.05, 4.69) is 5.32 Å². The van der Waals surface area contributed by atoms with Crippen molar-refractivity contribution in [3.8, 4) is 17.2 Å². The first kappa shape index (κ1) is 32.6. The van der Waals surface area contributed by atoms with Gasteiger partial charge in [0.25, 0.3) is 5.91 Å². The monoisotopic (exact) mass is 558 g/mol. The van der Waals surface area contributed by atoms with Gasteiger partial charge in [-0.05, 0) is 33.3 Å². The van der Waals surface area contributed by atoms with Crippen molar-refractivity contribution in [1.29, 1.82) is 0 Å². The van der Waals surface area contributed by atoms with Crippen LogP contribution >= 0.6 is 0 Å². The molecule has 1 aromatic carbocycles. The van der Waals surface area contributed by atoms with Crippen LogP contribution in [0.1, 0.15) is 46.1 Å². The number of primary amides is 1. The van der Waals surface area contributed by atoms with Gasteiger partial charge in [0.05, 0.1) is 36.7 Å². The lowest BCUT2D eigenvalue weighted by Gasteiger charge is -2.28. The quantitative estimate of drug-likeness (QED) is 0.207. The maximum absolute atomic E-state index is 12.9. The molecule has 6 N–H and O–H groups in total. The number of hydrogen-bond donors (Lipinski definition) is 5. The molecule has 0 aromatic heterocycles. The smallest absolute Gasteiger partial charge is 0.251 e. The number of aliphatic hydroxyl groups excluding tert-OH is 1. The Morgan fingerprint density at radius 1 is 1.15 bits per heavy atom. The number of aliphatic hydroxyl groups is 1. The number of hydrogen-bond acceptors (Lipinski definition) is 8. The zero-order valence-corrected chi connectivity index (χ0v) is 24.2. The van der Waals surface area contributed by atoms with Gasteiger partial charge >= 0.3 is 0 Å². The van der Waals surface area contributed by atoms with Crippen LogP contribution in [0.3, 0.4) is 0 Å². The summed E-state index contributed by atoms with van der Waals surface area (Å²) >= 11 is 0. The van der Waals surface area contributed by atoms with Crippen LogP contribution in [-0.2, 0) is 19.1 Å². The summed E-state index contributed by atoms with van der Waals surface area (Å²) < 4.78 is 16.6. The van der Waals surface area contributed by atoms with Gasteiger partial charge in [-0.25, -0.2) is 0 Å². The molecule has 0 radical (unpaired) electrons. The molecule has 2 rings (SSSR count). The number of methoxy groups -OCH3 is 3. The number of nitrogens with two attached hydrogens (primary N) is 1. The van der Waals surface area contributed by atoms with Gasteiger partial charge in [-0.1, -0.05) is 42.4 Å². The van der Waals surface area contributed by atoms with E-state index in [1.807, 2.05) is 19.9 Å². The molecule has 2 bridgehead atoms. The first-order chi connectivity index (χ1) is 18.8. The Morgan fingerprint density at radius 2 is 1.82 bits per heavy atom. The highest BCUT2D eigenvalue weighted by molar-refractivity contribution is 6.05. The van der Waals surface area contributed by atoms with E-state index in [4.69, 9.17) is 19.9 Å². The fourth-order valence-electron chi connectivity index (χ4n) is 4.78. The topological polar surface area (TPSA) is 161 Å². The SMILES string of the molecule is COc1c(O)cc2c(O)c1/C=C(\C)CC(OC)C(O)C(C)C=C(C)C(CC(N)=O)C(OC)C=C/C=C(\C)C(=O)N2. The third-order valence-corrected chi connectivity index (χ3v) is 7.06. The highest BCUT2D eigenvalue weighted by Gasteiger charge is 2.28. The molecule has 5 atom stereocenters. The van der Waals surface area contributed by atoms with E-state index in [1.165, 1.54) is 27.4 Å². The van der Waals surface area contributed by atoms with E-state index in [0.717, 1.165) is 5.57 Å². The van der Waals surface area contributed by atoms with Gasteiger partial charge in [0.1, 0.15) is 5.75 Å². The molecule has 10 heteroatoms. The van der Waals surface area contributed by atoms with Crippen molar-refractivity contribution in [1.82, 2.24) is 0 Å². The van der Waals surface area contributed by atoms with Crippen molar-refractivity contribution in [3.05, 3.63) is 52.7 Å². The van der Waals surface area contributed by atoms with Gasteiger partial charge in [0, 0.05) is 44.1 Å². The van der Waals surface area contributed by atoms with Gasteiger partial charge < -0.3 is 40.6 Å². The Hall–Kier alpha value is -3.60. The number of carbonyl (C=O) groups excluding carboxylic acids is 2. The summed E-state index contributed by atoms with van der Waals surface area (Å²) in [6, 6.07) is 1.21. The second-order valence-corrected chi connectivity index (χ2v) is 10.1. The molecular weight excluding hydrogens is 516 g/mol. The Labute approximate surface area is 235 Å². The fraction of sp³-hybridized carbons (Fsp3) is 0.467. The number of aromatic hydroxyl groups is 2. The number of rotatable bonds is 5. The van der Waals surface area contributed by atoms with Crippen molar-refractivity contribution >= 4 is 23.6 Å². The number of benzene rings is 1. The third-order valence-electron chi connectivity index (χ3n) is 7.06. The summed E-state index contributed by atoms with van der Waals surface area (Å²) in [4.78, 5) is 24.8. The van der Waals surface area contributed by atoms with E-state index in [0.29, 0.717) is 11.1 Å². The summed E-state index contributed by atoms with van der Waals surface area (Å²) in [6.45, 7) is 7.09. The van der Waals surface area contributed by atoms with Gasteiger partial charge in [-0.3, -0.25) is 9.59 Å². The van der Waals surface area contributed by atoms with Crippen molar-refractivity contribution in [2.45, 2.75) is 58.8 Å². The van der Waals surface area contributed by atoms with Crippen molar-refractivity contribution < 1.29 is 39.1 Å². The van der Waals surface area contributed by atoms with Gasteiger partial charge in [-0.2, -0.15) is 0 Å². The summed E-state index contributed by atoms with van der Waals surface area (Å²) in [7, 11) is 4.37. The van der Waals surface area contributed by atoms with Crippen molar-refractivity contribution in [3.63, 3.8) is 0 Å². The molecule has 0 aliphatic carbocycles. The molecule has 0 saturated heterocycles. The number of allylic oxidation sites excluding steroid dienone is 2. The number of carbonyl (C=O) groups is 2. The van der Waals surface area contributed by atoms with Crippen molar-refractivity contribution in [2.24, 2.45) is 17.6 Å². The number of nitrogens with one attached hydrogen (secondary N) is 1. The average molecular weight is 559 g/mol. The summed E-state index contributed by atoms with van der Waals surface area (Å²) in [6.07, 6.45) is 6.63.